The van der Waals surface area contributed by atoms with Gasteiger partial charge < -0.3 is 19.3 Å². The summed E-state index contributed by atoms with van der Waals surface area (Å²) in [6, 6.07) is 31.2. The van der Waals surface area contributed by atoms with E-state index in [1.165, 1.54) is 24.3 Å². The Hall–Kier alpha value is -5.43. The zero-order chi connectivity index (χ0) is 29.9. The number of phosphoric ester groups is 1. The summed E-state index contributed by atoms with van der Waals surface area (Å²) in [5.74, 6) is -1.90. The molecule has 0 aromatic heterocycles. The molecule has 8 nitrogen and oxygen atoms in total. The zero-order valence-electron chi connectivity index (χ0n) is 22.2. The number of carbonyl (C=O) groups is 2. The van der Waals surface area contributed by atoms with Crippen LogP contribution in [0.15, 0.2) is 109 Å². The molecule has 0 saturated heterocycles. The second-order valence-corrected chi connectivity index (χ2v) is 11.4. The Bertz CT molecular complexity index is 2020. The van der Waals surface area contributed by atoms with Gasteiger partial charge in [0.15, 0.2) is 0 Å². The first-order valence-corrected chi connectivity index (χ1v) is 14.7. The summed E-state index contributed by atoms with van der Waals surface area (Å²) in [7, 11) is -4.78. The van der Waals surface area contributed by atoms with Crippen LogP contribution in [0.4, 0.5) is 0 Å². The minimum absolute atomic E-state index is 0.0996. The minimum Gasteiger partial charge on any atom is -0.478 e. The van der Waals surface area contributed by atoms with E-state index in [1.54, 1.807) is 24.3 Å². The van der Waals surface area contributed by atoms with Gasteiger partial charge in [0.05, 0.1) is 11.1 Å². The average Bonchev–Trinajstić information content (AvgIpc) is 3.13. The highest BCUT2D eigenvalue weighted by Gasteiger charge is 2.37. The van der Waals surface area contributed by atoms with Crippen LogP contribution in [-0.2, 0) is 4.57 Å². The second-order valence-electron chi connectivity index (χ2n) is 10.1. The van der Waals surface area contributed by atoms with E-state index in [9.17, 15) is 29.3 Å². The number of carboxylic acids is 2. The van der Waals surface area contributed by atoms with Crippen LogP contribution in [0, 0.1) is 0 Å². The van der Waals surface area contributed by atoms with Crippen LogP contribution in [0.25, 0.3) is 54.9 Å². The van der Waals surface area contributed by atoms with Crippen molar-refractivity contribution in [3.63, 3.8) is 0 Å². The Morgan fingerprint density at radius 1 is 0.558 bits per heavy atom. The number of aromatic carboxylic acids is 2. The molecule has 1 aliphatic rings. The Labute approximate surface area is 244 Å². The van der Waals surface area contributed by atoms with E-state index in [4.69, 9.17) is 9.05 Å². The molecular formula is C34H21O8P. The molecule has 6 aromatic rings. The first-order chi connectivity index (χ1) is 20.7. The van der Waals surface area contributed by atoms with Gasteiger partial charge in [-0.3, -0.25) is 4.89 Å². The third kappa shape index (κ3) is 4.50. The molecule has 0 radical (unpaired) electrons. The van der Waals surface area contributed by atoms with Crippen molar-refractivity contribution in [1.29, 1.82) is 0 Å². The fraction of sp³-hybridized carbons (Fsp3) is 0. The quantitative estimate of drug-likeness (QED) is 0.176. The SMILES string of the molecule is O=C(O)c1ccc(-c2cc3ccccc3c3c2OP(=O)(O)Oc2c(-c4ccc(C(=O)O)cc4)cc4ccccc4c2-3)cc1. The van der Waals surface area contributed by atoms with Gasteiger partial charge in [0.25, 0.3) is 0 Å². The highest BCUT2D eigenvalue weighted by Crippen LogP contribution is 2.61. The topological polar surface area (TPSA) is 130 Å². The predicted molar refractivity (Wildman–Crippen MR) is 163 cm³/mol. The second kappa shape index (κ2) is 9.84. The molecule has 0 fully saturated rings. The van der Waals surface area contributed by atoms with E-state index in [2.05, 4.69) is 0 Å². The summed E-state index contributed by atoms with van der Waals surface area (Å²) in [5.41, 5.74) is 3.41. The summed E-state index contributed by atoms with van der Waals surface area (Å²) < 4.78 is 25.4. The van der Waals surface area contributed by atoms with Gasteiger partial charge in [0.2, 0.25) is 0 Å². The monoisotopic (exact) mass is 588 g/mol. The number of fused-ring (bicyclic) bond motifs is 7. The van der Waals surface area contributed by atoms with Crippen molar-refractivity contribution in [2.45, 2.75) is 0 Å². The van der Waals surface area contributed by atoms with Crippen LogP contribution in [-0.4, -0.2) is 27.0 Å². The summed E-state index contributed by atoms with van der Waals surface area (Å²) in [5, 5.41) is 22.0. The zero-order valence-corrected chi connectivity index (χ0v) is 23.1. The third-order valence-corrected chi connectivity index (χ3v) is 8.38. The maximum atomic E-state index is 13.7. The molecule has 1 aliphatic heterocycles. The molecular weight excluding hydrogens is 567 g/mol. The van der Waals surface area contributed by atoms with Crippen molar-refractivity contribution in [1.82, 2.24) is 0 Å². The molecule has 0 bridgehead atoms. The van der Waals surface area contributed by atoms with Crippen molar-refractivity contribution in [2.75, 3.05) is 0 Å². The van der Waals surface area contributed by atoms with Crippen LogP contribution in [0.3, 0.4) is 0 Å². The number of carboxylic acid groups (broad SMARTS) is 2. The first kappa shape index (κ1) is 26.5. The van der Waals surface area contributed by atoms with Crippen molar-refractivity contribution in [3.05, 3.63) is 120 Å². The highest BCUT2D eigenvalue weighted by molar-refractivity contribution is 7.48. The Morgan fingerprint density at radius 3 is 1.30 bits per heavy atom. The summed E-state index contributed by atoms with van der Waals surface area (Å²) in [4.78, 5) is 34.1. The lowest BCUT2D eigenvalue weighted by Crippen LogP contribution is -2.00. The lowest BCUT2D eigenvalue weighted by molar-refractivity contribution is 0.0686. The average molecular weight is 589 g/mol. The van der Waals surface area contributed by atoms with E-state index in [-0.39, 0.29) is 22.6 Å². The fourth-order valence-corrected chi connectivity index (χ4v) is 6.48. The number of rotatable bonds is 4. The molecule has 9 heteroatoms. The molecule has 210 valence electrons. The van der Waals surface area contributed by atoms with Gasteiger partial charge in [-0.1, -0.05) is 72.8 Å². The summed E-state index contributed by atoms with van der Waals surface area (Å²) in [6.45, 7) is 0. The van der Waals surface area contributed by atoms with E-state index in [0.29, 0.717) is 33.4 Å². The lowest BCUT2D eigenvalue weighted by Gasteiger charge is -2.18. The third-order valence-electron chi connectivity index (χ3n) is 7.55. The standard InChI is InChI=1S/C34H21O8P/c35-33(36)21-13-9-19(10-14-21)27-17-23-5-1-3-7-25(23)29-30-26-8-4-2-6-24(26)18-28(20-11-15-22(16-12-20)34(37)38)32(30)42-43(39,40)41-31(27)29/h1-18H,(H,35,36)(H,37,38)(H,39,40). The van der Waals surface area contributed by atoms with E-state index < -0.39 is 19.8 Å². The van der Waals surface area contributed by atoms with Crippen LogP contribution < -0.4 is 9.05 Å². The summed E-state index contributed by atoms with van der Waals surface area (Å²) >= 11 is 0. The lowest BCUT2D eigenvalue weighted by atomic mass is 9.86. The summed E-state index contributed by atoms with van der Waals surface area (Å²) in [6.07, 6.45) is 0. The number of hydrogen-bond donors (Lipinski definition) is 3. The molecule has 1 heterocycles. The van der Waals surface area contributed by atoms with Crippen LogP contribution in [0.5, 0.6) is 11.5 Å². The van der Waals surface area contributed by atoms with Crippen molar-refractivity contribution in [2.24, 2.45) is 0 Å². The van der Waals surface area contributed by atoms with Gasteiger partial charge in [-0.2, -0.15) is 0 Å². The van der Waals surface area contributed by atoms with Gasteiger partial charge in [0.1, 0.15) is 11.5 Å². The van der Waals surface area contributed by atoms with Gasteiger partial charge >= 0.3 is 19.8 Å². The molecule has 0 spiro atoms. The predicted octanol–water partition coefficient (Wildman–Crippen LogP) is 8.26. The molecule has 3 N–H and O–H groups in total. The minimum atomic E-state index is -4.78. The van der Waals surface area contributed by atoms with E-state index >= 15 is 0 Å². The fourth-order valence-electron chi connectivity index (χ4n) is 5.61. The molecule has 43 heavy (non-hydrogen) atoms. The highest BCUT2D eigenvalue weighted by atomic mass is 31.2. The molecule has 0 saturated carbocycles. The van der Waals surface area contributed by atoms with Crippen LogP contribution in [0.1, 0.15) is 20.7 Å². The molecule has 7 rings (SSSR count). The maximum Gasteiger partial charge on any atom is 0.584 e. The number of phosphoric acid groups is 1. The van der Waals surface area contributed by atoms with Crippen LogP contribution >= 0.6 is 7.82 Å². The van der Waals surface area contributed by atoms with Gasteiger partial charge in [-0.15, -0.1) is 0 Å². The van der Waals surface area contributed by atoms with Crippen molar-refractivity contribution in [3.8, 4) is 44.9 Å². The van der Waals surface area contributed by atoms with E-state index in [0.717, 1.165) is 21.5 Å². The normalized spacial score (nSPS) is 13.3. The molecule has 6 aromatic carbocycles. The Morgan fingerprint density at radius 2 is 0.930 bits per heavy atom. The smallest absolute Gasteiger partial charge is 0.478 e. The largest absolute Gasteiger partial charge is 0.584 e. The van der Waals surface area contributed by atoms with Gasteiger partial charge in [0, 0.05) is 22.3 Å². The van der Waals surface area contributed by atoms with Crippen LogP contribution in [0.2, 0.25) is 0 Å². The van der Waals surface area contributed by atoms with Gasteiger partial charge in [-0.25, -0.2) is 14.2 Å². The van der Waals surface area contributed by atoms with E-state index in [1.807, 2.05) is 60.7 Å². The van der Waals surface area contributed by atoms with Gasteiger partial charge in [-0.05, 0) is 69.1 Å². The molecule has 0 unspecified atom stereocenters. The number of hydrogen-bond acceptors (Lipinski definition) is 5. The molecule has 0 atom stereocenters. The molecule has 0 aliphatic carbocycles. The molecule has 0 amide bonds. The van der Waals surface area contributed by atoms with Crippen molar-refractivity contribution < 1.29 is 38.3 Å². The first-order valence-electron chi connectivity index (χ1n) is 13.2. The number of benzene rings is 6. The Kier molecular flexibility index (Phi) is 6.06. The Balaban J connectivity index is 1.62. The van der Waals surface area contributed by atoms with Crippen molar-refractivity contribution >= 4 is 41.3 Å². The maximum absolute atomic E-state index is 13.7.